The second-order valence-electron chi connectivity index (χ2n) is 6.74. The topological polar surface area (TPSA) is 124 Å². The Labute approximate surface area is 175 Å². The molecule has 0 saturated heterocycles. The first-order valence-corrected chi connectivity index (χ1v) is 9.52. The highest BCUT2D eigenvalue weighted by atomic mass is 16.5. The average Bonchev–Trinajstić information content (AvgIpc) is 3.12. The van der Waals surface area contributed by atoms with Gasteiger partial charge >= 0.3 is 11.7 Å². The molecule has 0 unspecified atom stereocenters. The van der Waals surface area contributed by atoms with Crippen molar-refractivity contribution in [2.45, 2.75) is 0 Å². The summed E-state index contributed by atoms with van der Waals surface area (Å²) in [6, 6.07) is 7.91. The zero-order valence-corrected chi connectivity index (χ0v) is 17.0. The molecule has 4 aromatic rings. The number of carbonyl (C=O) groups is 1. The molecule has 0 amide bonds. The molecule has 0 aliphatic rings. The average molecular weight is 427 g/mol. The van der Waals surface area contributed by atoms with Crippen molar-refractivity contribution in [2.75, 3.05) is 40.6 Å². The lowest BCUT2D eigenvalue weighted by Gasteiger charge is -2.12. The largest absolute Gasteiger partial charge is 0.487 e. The Morgan fingerprint density at radius 1 is 1.03 bits per heavy atom. The standard InChI is InChI=1S/C21H21N3O7/c1-28-5-7-30-17-10-15-16(11-18(17)31-8-6-29-2)24-19(22-15)13-4-3-12(20(25)26)9-14(13)23-21(24)27/h3-4,9-11H,5-8H2,1-2H3,(H,23,27)(H,25,26). The monoisotopic (exact) mass is 427 g/mol. The third-order valence-corrected chi connectivity index (χ3v) is 4.76. The summed E-state index contributed by atoms with van der Waals surface area (Å²) < 4.78 is 23.1. The number of carboxylic acid groups (broad SMARTS) is 1. The van der Waals surface area contributed by atoms with Gasteiger partial charge in [-0.1, -0.05) is 0 Å². The molecule has 0 fully saturated rings. The van der Waals surface area contributed by atoms with Crippen LogP contribution in [-0.4, -0.2) is 66.1 Å². The van der Waals surface area contributed by atoms with Gasteiger partial charge in [0.25, 0.3) is 0 Å². The number of rotatable bonds is 9. The van der Waals surface area contributed by atoms with Crippen molar-refractivity contribution in [1.29, 1.82) is 0 Å². The lowest BCUT2D eigenvalue weighted by atomic mass is 10.1. The first-order valence-electron chi connectivity index (χ1n) is 9.52. The van der Waals surface area contributed by atoms with Crippen LogP contribution < -0.4 is 15.2 Å². The van der Waals surface area contributed by atoms with Crippen LogP contribution in [0.2, 0.25) is 0 Å². The van der Waals surface area contributed by atoms with E-state index in [0.29, 0.717) is 65.5 Å². The Morgan fingerprint density at radius 3 is 2.35 bits per heavy atom. The summed E-state index contributed by atoms with van der Waals surface area (Å²) in [7, 11) is 3.16. The molecule has 2 heterocycles. The summed E-state index contributed by atoms with van der Waals surface area (Å²) in [5, 5.41) is 9.84. The SMILES string of the molecule is COCCOc1cc2nc3c4ccc(C(=O)O)cc4[nH]c(=O)n3c2cc1OCCOC. The van der Waals surface area contributed by atoms with Crippen molar-refractivity contribution < 1.29 is 28.8 Å². The fourth-order valence-corrected chi connectivity index (χ4v) is 3.31. The van der Waals surface area contributed by atoms with Crippen LogP contribution in [0.4, 0.5) is 0 Å². The summed E-state index contributed by atoms with van der Waals surface area (Å²) in [6.07, 6.45) is 0. The number of hydrogen-bond donors (Lipinski definition) is 2. The van der Waals surface area contributed by atoms with Gasteiger partial charge in [-0.3, -0.25) is 0 Å². The number of fused-ring (bicyclic) bond motifs is 5. The highest BCUT2D eigenvalue weighted by Gasteiger charge is 2.17. The summed E-state index contributed by atoms with van der Waals surface area (Å²) in [5.41, 5.74) is 1.50. The van der Waals surface area contributed by atoms with Crippen molar-refractivity contribution in [2.24, 2.45) is 0 Å². The molecule has 0 aliphatic carbocycles. The van der Waals surface area contributed by atoms with E-state index in [0.717, 1.165) is 0 Å². The lowest BCUT2D eigenvalue weighted by molar-refractivity contribution is 0.0697. The maximum atomic E-state index is 12.8. The van der Waals surface area contributed by atoms with Gasteiger partial charge in [-0.15, -0.1) is 0 Å². The van der Waals surface area contributed by atoms with Gasteiger partial charge in [0.2, 0.25) is 0 Å². The maximum Gasteiger partial charge on any atom is 0.335 e. The van der Waals surface area contributed by atoms with Gasteiger partial charge in [0, 0.05) is 31.7 Å². The molecule has 0 atom stereocenters. The quantitative estimate of drug-likeness (QED) is 0.389. The van der Waals surface area contributed by atoms with E-state index in [9.17, 15) is 14.7 Å². The Kier molecular flexibility index (Phi) is 5.74. The third-order valence-electron chi connectivity index (χ3n) is 4.76. The number of imidazole rings is 1. The van der Waals surface area contributed by atoms with Crippen molar-refractivity contribution >= 4 is 33.6 Å². The zero-order valence-electron chi connectivity index (χ0n) is 17.0. The van der Waals surface area contributed by atoms with Crippen LogP contribution in [-0.2, 0) is 9.47 Å². The minimum Gasteiger partial charge on any atom is -0.487 e. The summed E-state index contributed by atoms with van der Waals surface area (Å²) in [5.74, 6) is -0.159. The minimum absolute atomic E-state index is 0.0752. The molecule has 2 aromatic carbocycles. The van der Waals surface area contributed by atoms with Gasteiger partial charge < -0.3 is 29.0 Å². The van der Waals surface area contributed by atoms with Crippen LogP contribution in [0.25, 0.3) is 27.6 Å². The second kappa shape index (κ2) is 8.62. The van der Waals surface area contributed by atoms with E-state index in [1.165, 1.54) is 16.5 Å². The van der Waals surface area contributed by atoms with Crippen molar-refractivity contribution in [3.05, 3.63) is 46.4 Å². The van der Waals surface area contributed by atoms with E-state index in [2.05, 4.69) is 9.97 Å². The molecule has 10 nitrogen and oxygen atoms in total. The number of carboxylic acids is 1. The van der Waals surface area contributed by atoms with E-state index < -0.39 is 11.7 Å². The van der Waals surface area contributed by atoms with Crippen LogP contribution in [0.1, 0.15) is 10.4 Å². The van der Waals surface area contributed by atoms with Crippen molar-refractivity contribution in [1.82, 2.24) is 14.4 Å². The smallest absolute Gasteiger partial charge is 0.335 e. The number of nitrogens with zero attached hydrogens (tertiary/aromatic N) is 2. The normalized spacial score (nSPS) is 11.4. The predicted octanol–water partition coefficient (Wildman–Crippen LogP) is 2.08. The van der Waals surface area contributed by atoms with E-state index in [1.54, 1.807) is 32.4 Å². The van der Waals surface area contributed by atoms with Gasteiger partial charge in [0.05, 0.1) is 35.3 Å². The number of methoxy groups -OCH3 is 2. The number of ether oxygens (including phenoxy) is 4. The Bertz CT molecular complexity index is 1330. The zero-order chi connectivity index (χ0) is 22.0. The summed E-state index contributed by atoms with van der Waals surface area (Å²) in [4.78, 5) is 31.4. The number of aromatic carboxylic acids is 1. The fraction of sp³-hybridized carbons (Fsp3) is 0.286. The predicted molar refractivity (Wildman–Crippen MR) is 113 cm³/mol. The number of H-pyrrole nitrogens is 1. The molecule has 2 N–H and O–H groups in total. The molecule has 0 bridgehead atoms. The summed E-state index contributed by atoms with van der Waals surface area (Å²) in [6.45, 7) is 1.41. The van der Waals surface area contributed by atoms with Crippen molar-refractivity contribution in [3.63, 3.8) is 0 Å². The molecule has 10 heteroatoms. The first-order chi connectivity index (χ1) is 15.0. The van der Waals surface area contributed by atoms with Crippen LogP contribution in [0.15, 0.2) is 35.1 Å². The molecule has 0 spiro atoms. The minimum atomic E-state index is -1.08. The highest BCUT2D eigenvalue weighted by molar-refractivity contribution is 6.00. The molecule has 31 heavy (non-hydrogen) atoms. The number of nitrogens with one attached hydrogen (secondary N) is 1. The van der Waals surface area contributed by atoms with Crippen LogP contribution in [0.3, 0.4) is 0 Å². The van der Waals surface area contributed by atoms with Crippen LogP contribution >= 0.6 is 0 Å². The van der Waals surface area contributed by atoms with Gasteiger partial charge in [0.1, 0.15) is 13.2 Å². The number of aromatic nitrogens is 3. The maximum absolute atomic E-state index is 12.8. The Hall–Kier alpha value is -3.63. The van der Waals surface area contributed by atoms with Crippen molar-refractivity contribution in [3.8, 4) is 11.5 Å². The van der Waals surface area contributed by atoms with E-state index >= 15 is 0 Å². The van der Waals surface area contributed by atoms with Gasteiger partial charge in [-0.2, -0.15) is 0 Å². The molecule has 0 saturated carbocycles. The van der Waals surface area contributed by atoms with Gasteiger partial charge in [-0.05, 0) is 18.2 Å². The molecular weight excluding hydrogens is 406 g/mol. The molecule has 2 aromatic heterocycles. The first kappa shape index (κ1) is 20.6. The molecule has 0 aliphatic heterocycles. The van der Waals surface area contributed by atoms with Crippen LogP contribution in [0.5, 0.6) is 11.5 Å². The number of benzene rings is 2. The van der Waals surface area contributed by atoms with Crippen LogP contribution in [0, 0.1) is 0 Å². The summed E-state index contributed by atoms with van der Waals surface area (Å²) >= 11 is 0. The Balaban J connectivity index is 1.91. The Morgan fingerprint density at radius 2 is 1.71 bits per heavy atom. The van der Waals surface area contributed by atoms with E-state index in [-0.39, 0.29) is 5.56 Å². The number of aromatic amines is 1. The second-order valence-corrected chi connectivity index (χ2v) is 6.74. The van der Waals surface area contributed by atoms with E-state index in [1.807, 2.05) is 0 Å². The molecule has 162 valence electrons. The molecule has 4 rings (SSSR count). The third kappa shape index (κ3) is 3.90. The lowest BCUT2D eigenvalue weighted by Crippen LogP contribution is -2.16. The highest BCUT2D eigenvalue weighted by Crippen LogP contribution is 2.33. The fourth-order valence-electron chi connectivity index (χ4n) is 3.31. The van der Waals surface area contributed by atoms with Gasteiger partial charge in [0.15, 0.2) is 17.1 Å². The molecule has 0 radical (unpaired) electrons. The molecular formula is C21H21N3O7. The van der Waals surface area contributed by atoms with Gasteiger partial charge in [-0.25, -0.2) is 19.0 Å². The van der Waals surface area contributed by atoms with E-state index in [4.69, 9.17) is 18.9 Å². The number of hydrogen-bond acceptors (Lipinski definition) is 7.